The molecule has 1 aromatic heterocycles. The maximum absolute atomic E-state index is 11.8. The molecule has 1 heterocycles. The van der Waals surface area contributed by atoms with Crippen LogP contribution in [0.5, 0.6) is 0 Å². The van der Waals surface area contributed by atoms with E-state index in [1.165, 1.54) is 4.88 Å². The van der Waals surface area contributed by atoms with Crippen LogP contribution in [0.1, 0.15) is 20.8 Å². The van der Waals surface area contributed by atoms with E-state index in [1.54, 1.807) is 30.5 Å². The molecule has 0 aliphatic carbocycles. The number of guanidine groups is 1. The van der Waals surface area contributed by atoms with Gasteiger partial charge in [-0.1, -0.05) is 18.2 Å². The van der Waals surface area contributed by atoms with Crippen molar-refractivity contribution >= 4 is 29.1 Å². The monoisotopic (exact) mass is 373 g/mol. The summed E-state index contributed by atoms with van der Waals surface area (Å²) in [5, 5.41) is 11.0. The van der Waals surface area contributed by atoms with Crippen LogP contribution in [-0.4, -0.2) is 37.9 Å². The number of rotatable bonds is 8. The van der Waals surface area contributed by atoms with Crippen molar-refractivity contribution < 1.29 is 9.59 Å². The van der Waals surface area contributed by atoms with Crippen molar-refractivity contribution in [1.29, 1.82) is 0 Å². The summed E-state index contributed by atoms with van der Waals surface area (Å²) in [6, 6.07) is 11.3. The van der Waals surface area contributed by atoms with Gasteiger partial charge in [-0.2, -0.15) is 0 Å². The number of primary amides is 1. The van der Waals surface area contributed by atoms with Crippen LogP contribution in [0.4, 0.5) is 0 Å². The molecule has 138 valence electrons. The van der Waals surface area contributed by atoms with Gasteiger partial charge in [0.05, 0.1) is 6.54 Å². The lowest BCUT2D eigenvalue weighted by molar-refractivity contribution is -0.117. The molecule has 0 atom stereocenters. The first kappa shape index (κ1) is 19.5. The molecule has 0 radical (unpaired) electrons. The summed E-state index contributed by atoms with van der Waals surface area (Å²) in [5.41, 5.74) is 6.50. The third-order valence-electron chi connectivity index (χ3n) is 3.57. The van der Waals surface area contributed by atoms with Crippen molar-refractivity contribution in [3.63, 3.8) is 0 Å². The summed E-state index contributed by atoms with van der Waals surface area (Å²) in [6.45, 7) is 1.22. The first-order valence-electron chi connectivity index (χ1n) is 8.21. The first-order valence-corrected chi connectivity index (χ1v) is 9.09. The molecule has 2 amide bonds. The zero-order valence-corrected chi connectivity index (χ0v) is 15.4. The molecule has 26 heavy (non-hydrogen) atoms. The standard InChI is InChI=1S/C18H23N5O2S/c1-20-18(21-9-8-15-3-2-10-26-15)23-11-13-4-6-14(7-5-13)17(25)22-12-16(19)24/h2-7,10H,8-9,11-12H2,1H3,(H2,19,24)(H,22,25)(H2,20,21,23). The molecule has 0 spiro atoms. The van der Waals surface area contributed by atoms with Crippen molar-refractivity contribution in [1.82, 2.24) is 16.0 Å². The molecule has 0 fully saturated rings. The summed E-state index contributed by atoms with van der Waals surface area (Å²) < 4.78 is 0. The van der Waals surface area contributed by atoms with Crippen LogP contribution >= 0.6 is 11.3 Å². The minimum atomic E-state index is -0.572. The van der Waals surface area contributed by atoms with Gasteiger partial charge in [-0.3, -0.25) is 14.6 Å². The third-order valence-corrected chi connectivity index (χ3v) is 4.50. The molecule has 8 heteroatoms. The largest absolute Gasteiger partial charge is 0.368 e. The number of nitrogens with zero attached hydrogens (tertiary/aromatic N) is 1. The molecule has 0 bridgehead atoms. The van der Waals surface area contributed by atoms with Crippen LogP contribution in [0.3, 0.4) is 0 Å². The number of carbonyl (C=O) groups is 2. The summed E-state index contributed by atoms with van der Waals surface area (Å²) >= 11 is 1.74. The van der Waals surface area contributed by atoms with Crippen LogP contribution in [0.2, 0.25) is 0 Å². The molecular weight excluding hydrogens is 350 g/mol. The second-order valence-corrected chi connectivity index (χ2v) is 6.56. The van der Waals surface area contributed by atoms with E-state index in [0.29, 0.717) is 12.1 Å². The Balaban J connectivity index is 1.76. The minimum Gasteiger partial charge on any atom is -0.368 e. The van der Waals surface area contributed by atoms with E-state index >= 15 is 0 Å². The fraction of sp³-hybridized carbons (Fsp3) is 0.278. The van der Waals surface area contributed by atoms with Gasteiger partial charge in [0, 0.05) is 30.6 Å². The molecule has 0 saturated carbocycles. The molecule has 1 aromatic carbocycles. The Morgan fingerprint density at radius 1 is 1.12 bits per heavy atom. The quantitative estimate of drug-likeness (QED) is 0.407. The first-order chi connectivity index (χ1) is 12.6. The van der Waals surface area contributed by atoms with Gasteiger partial charge in [-0.15, -0.1) is 11.3 Å². The molecule has 0 unspecified atom stereocenters. The lowest BCUT2D eigenvalue weighted by Gasteiger charge is -2.12. The zero-order valence-electron chi connectivity index (χ0n) is 14.6. The Morgan fingerprint density at radius 2 is 1.88 bits per heavy atom. The number of nitrogens with two attached hydrogens (primary N) is 1. The van der Waals surface area contributed by atoms with E-state index in [2.05, 4.69) is 32.4 Å². The molecule has 7 nitrogen and oxygen atoms in total. The minimum absolute atomic E-state index is 0.171. The molecule has 2 rings (SSSR count). The topological polar surface area (TPSA) is 109 Å². The Bertz CT molecular complexity index is 741. The fourth-order valence-electron chi connectivity index (χ4n) is 2.21. The highest BCUT2D eigenvalue weighted by molar-refractivity contribution is 7.09. The number of amides is 2. The highest BCUT2D eigenvalue weighted by Crippen LogP contribution is 2.08. The summed E-state index contributed by atoms with van der Waals surface area (Å²) in [4.78, 5) is 28.0. The van der Waals surface area contributed by atoms with E-state index < -0.39 is 5.91 Å². The number of hydrogen-bond donors (Lipinski definition) is 4. The van der Waals surface area contributed by atoms with Gasteiger partial charge >= 0.3 is 0 Å². The lowest BCUT2D eigenvalue weighted by atomic mass is 10.1. The molecule has 2 aromatic rings. The second-order valence-electron chi connectivity index (χ2n) is 5.53. The average molecular weight is 373 g/mol. The highest BCUT2D eigenvalue weighted by Gasteiger charge is 2.06. The Kier molecular flexibility index (Phi) is 7.63. The number of benzene rings is 1. The number of hydrogen-bond acceptors (Lipinski definition) is 4. The molecule has 0 aliphatic rings. The zero-order chi connectivity index (χ0) is 18.8. The summed E-state index contributed by atoms with van der Waals surface area (Å²) in [5.74, 6) is -0.170. The predicted molar refractivity (Wildman–Crippen MR) is 104 cm³/mol. The van der Waals surface area contributed by atoms with Gasteiger partial charge in [0.25, 0.3) is 5.91 Å². The van der Waals surface area contributed by atoms with Crippen molar-refractivity contribution in [3.05, 3.63) is 57.8 Å². The van der Waals surface area contributed by atoms with E-state index in [4.69, 9.17) is 5.73 Å². The van der Waals surface area contributed by atoms with Crippen molar-refractivity contribution in [2.45, 2.75) is 13.0 Å². The summed E-state index contributed by atoms with van der Waals surface area (Å²) in [7, 11) is 1.73. The van der Waals surface area contributed by atoms with Gasteiger partial charge in [0.1, 0.15) is 0 Å². The van der Waals surface area contributed by atoms with Crippen LogP contribution < -0.4 is 21.7 Å². The summed E-state index contributed by atoms with van der Waals surface area (Å²) in [6.07, 6.45) is 0.952. The maximum atomic E-state index is 11.8. The molecular formula is C18H23N5O2S. The van der Waals surface area contributed by atoms with Gasteiger partial charge in [-0.25, -0.2) is 0 Å². The predicted octanol–water partition coefficient (Wildman–Crippen LogP) is 0.871. The van der Waals surface area contributed by atoms with E-state index in [-0.39, 0.29) is 12.5 Å². The van der Waals surface area contributed by atoms with Gasteiger partial charge in [0.2, 0.25) is 5.91 Å². The van der Waals surface area contributed by atoms with Gasteiger partial charge < -0.3 is 21.7 Å². The third kappa shape index (κ3) is 6.56. The van der Waals surface area contributed by atoms with Gasteiger partial charge in [0.15, 0.2) is 5.96 Å². The van der Waals surface area contributed by atoms with Gasteiger partial charge in [-0.05, 0) is 35.6 Å². The average Bonchev–Trinajstić information content (AvgIpc) is 3.16. The van der Waals surface area contributed by atoms with Crippen LogP contribution in [-0.2, 0) is 17.8 Å². The highest BCUT2D eigenvalue weighted by atomic mass is 32.1. The number of thiophene rings is 1. The molecule has 0 saturated heterocycles. The number of aliphatic imine (C=N–C) groups is 1. The SMILES string of the molecule is CN=C(NCCc1cccs1)NCc1ccc(C(=O)NCC(N)=O)cc1. The van der Waals surface area contributed by atoms with E-state index in [0.717, 1.165) is 24.5 Å². The molecule has 0 aliphatic heterocycles. The van der Waals surface area contributed by atoms with Crippen LogP contribution in [0.25, 0.3) is 0 Å². The van der Waals surface area contributed by atoms with Crippen LogP contribution in [0, 0.1) is 0 Å². The van der Waals surface area contributed by atoms with Crippen LogP contribution in [0.15, 0.2) is 46.8 Å². The lowest BCUT2D eigenvalue weighted by Crippen LogP contribution is -2.37. The van der Waals surface area contributed by atoms with Crippen molar-refractivity contribution in [3.8, 4) is 0 Å². The van der Waals surface area contributed by atoms with Crippen molar-refractivity contribution in [2.24, 2.45) is 10.7 Å². The van der Waals surface area contributed by atoms with E-state index in [9.17, 15) is 9.59 Å². The van der Waals surface area contributed by atoms with E-state index in [1.807, 2.05) is 18.2 Å². The Hall–Kier alpha value is -2.87. The smallest absolute Gasteiger partial charge is 0.251 e. The number of carbonyl (C=O) groups excluding carboxylic acids is 2. The normalized spacial score (nSPS) is 11.0. The maximum Gasteiger partial charge on any atom is 0.251 e. The second kappa shape index (κ2) is 10.2. The Labute approximate surface area is 156 Å². The number of nitrogens with one attached hydrogen (secondary N) is 3. The Morgan fingerprint density at radius 3 is 2.50 bits per heavy atom. The fourth-order valence-corrected chi connectivity index (χ4v) is 2.92. The molecule has 5 N–H and O–H groups in total. The van der Waals surface area contributed by atoms with Crippen molar-refractivity contribution in [2.75, 3.05) is 20.1 Å².